The summed E-state index contributed by atoms with van der Waals surface area (Å²) in [7, 11) is 1.69. The van der Waals surface area contributed by atoms with Crippen molar-refractivity contribution in [2.45, 2.75) is 25.7 Å². The highest BCUT2D eigenvalue weighted by molar-refractivity contribution is 5.95. The van der Waals surface area contributed by atoms with Crippen molar-refractivity contribution in [2.75, 3.05) is 20.1 Å². The Balaban J connectivity index is 2.34. The minimum atomic E-state index is 0.0298. The van der Waals surface area contributed by atoms with Crippen molar-refractivity contribution >= 4 is 5.91 Å². The number of amides is 1. The second-order valence-electron chi connectivity index (χ2n) is 4.69. The molecule has 0 atom stereocenters. The Bertz CT molecular complexity index is 409. The number of piperidine rings is 1. The van der Waals surface area contributed by atoms with Gasteiger partial charge in [0.25, 0.3) is 5.91 Å². The van der Waals surface area contributed by atoms with E-state index in [0.717, 1.165) is 37.1 Å². The lowest BCUT2D eigenvalue weighted by molar-refractivity contribution is 0.0961. The molecule has 0 aliphatic carbocycles. The van der Waals surface area contributed by atoms with E-state index in [1.807, 2.05) is 13.0 Å². The first-order valence-corrected chi connectivity index (χ1v) is 6.25. The number of hydrogen-bond donors (Lipinski definition) is 2. The second-order valence-corrected chi connectivity index (χ2v) is 4.69. The molecule has 3 nitrogen and oxygen atoms in total. The van der Waals surface area contributed by atoms with Crippen LogP contribution in [0.2, 0.25) is 0 Å². The van der Waals surface area contributed by atoms with Gasteiger partial charge in [-0.05, 0) is 50.4 Å². The third kappa shape index (κ3) is 2.67. The molecule has 1 aliphatic rings. The maximum atomic E-state index is 11.9. The molecule has 3 heteroatoms. The summed E-state index contributed by atoms with van der Waals surface area (Å²) in [6.07, 6.45) is 2.24. The van der Waals surface area contributed by atoms with E-state index < -0.39 is 0 Å². The Kier molecular flexibility index (Phi) is 3.79. The number of carbonyl (C=O) groups excluding carboxylic acids is 1. The smallest absolute Gasteiger partial charge is 0.251 e. The summed E-state index contributed by atoms with van der Waals surface area (Å²) < 4.78 is 0. The molecule has 0 saturated carbocycles. The standard InChI is InChI=1S/C14H20N2O/c1-10-3-4-12(11-5-7-16-8-6-11)13(9-10)14(17)15-2/h3-4,9,11,16H,5-8H2,1-2H3,(H,15,17). The molecule has 1 aromatic carbocycles. The molecule has 1 aromatic rings. The summed E-state index contributed by atoms with van der Waals surface area (Å²) in [5.41, 5.74) is 3.19. The fraction of sp³-hybridized carbons (Fsp3) is 0.500. The van der Waals surface area contributed by atoms with E-state index in [1.165, 1.54) is 5.56 Å². The molecule has 1 amide bonds. The van der Waals surface area contributed by atoms with Crippen molar-refractivity contribution in [3.63, 3.8) is 0 Å². The van der Waals surface area contributed by atoms with Gasteiger partial charge in [0.1, 0.15) is 0 Å². The van der Waals surface area contributed by atoms with Gasteiger partial charge in [0.2, 0.25) is 0 Å². The van der Waals surface area contributed by atoms with Crippen molar-refractivity contribution in [1.29, 1.82) is 0 Å². The topological polar surface area (TPSA) is 41.1 Å². The summed E-state index contributed by atoms with van der Waals surface area (Å²) >= 11 is 0. The normalized spacial score (nSPS) is 16.8. The molecule has 1 saturated heterocycles. The summed E-state index contributed by atoms with van der Waals surface area (Å²) in [5.74, 6) is 0.548. The van der Waals surface area contributed by atoms with E-state index in [-0.39, 0.29) is 5.91 Å². The molecule has 0 unspecified atom stereocenters. The number of hydrogen-bond acceptors (Lipinski definition) is 2. The zero-order chi connectivity index (χ0) is 12.3. The Morgan fingerprint density at radius 2 is 2.06 bits per heavy atom. The number of nitrogens with one attached hydrogen (secondary N) is 2. The van der Waals surface area contributed by atoms with Crippen LogP contribution in [-0.2, 0) is 0 Å². The SMILES string of the molecule is CNC(=O)c1cc(C)ccc1C1CCNCC1. The van der Waals surface area contributed by atoms with Crippen LogP contribution in [0.25, 0.3) is 0 Å². The number of rotatable bonds is 2. The predicted molar refractivity (Wildman–Crippen MR) is 69.4 cm³/mol. The van der Waals surface area contributed by atoms with E-state index in [9.17, 15) is 4.79 Å². The van der Waals surface area contributed by atoms with Crippen LogP contribution in [0.3, 0.4) is 0 Å². The summed E-state index contributed by atoms with van der Waals surface area (Å²) in [5, 5.41) is 6.09. The van der Waals surface area contributed by atoms with E-state index in [1.54, 1.807) is 7.05 Å². The molecule has 0 bridgehead atoms. The minimum Gasteiger partial charge on any atom is -0.355 e. The predicted octanol–water partition coefficient (Wildman–Crippen LogP) is 1.82. The highest BCUT2D eigenvalue weighted by Crippen LogP contribution is 2.28. The zero-order valence-corrected chi connectivity index (χ0v) is 10.5. The van der Waals surface area contributed by atoms with Crippen molar-refractivity contribution in [2.24, 2.45) is 0 Å². The first-order valence-electron chi connectivity index (χ1n) is 6.25. The summed E-state index contributed by atoms with van der Waals surface area (Å²) in [4.78, 5) is 11.9. The minimum absolute atomic E-state index is 0.0298. The van der Waals surface area contributed by atoms with Crippen LogP contribution in [0.1, 0.15) is 40.2 Å². The average molecular weight is 232 g/mol. The van der Waals surface area contributed by atoms with E-state index in [2.05, 4.69) is 22.8 Å². The monoisotopic (exact) mass is 232 g/mol. The Labute approximate surface area is 103 Å². The van der Waals surface area contributed by atoms with E-state index >= 15 is 0 Å². The van der Waals surface area contributed by atoms with Crippen LogP contribution in [0, 0.1) is 6.92 Å². The quantitative estimate of drug-likeness (QED) is 0.816. The van der Waals surface area contributed by atoms with Crippen molar-refractivity contribution in [3.05, 3.63) is 34.9 Å². The maximum Gasteiger partial charge on any atom is 0.251 e. The van der Waals surface area contributed by atoms with E-state index in [0.29, 0.717) is 5.92 Å². The van der Waals surface area contributed by atoms with Gasteiger partial charge in [-0.2, -0.15) is 0 Å². The van der Waals surface area contributed by atoms with Gasteiger partial charge in [-0.3, -0.25) is 4.79 Å². The number of carbonyl (C=O) groups is 1. The van der Waals surface area contributed by atoms with Gasteiger partial charge in [0.15, 0.2) is 0 Å². The fourth-order valence-electron chi connectivity index (χ4n) is 2.49. The van der Waals surface area contributed by atoms with Gasteiger partial charge in [-0.25, -0.2) is 0 Å². The van der Waals surface area contributed by atoms with Crippen LogP contribution in [0.15, 0.2) is 18.2 Å². The number of aryl methyl sites for hydroxylation is 1. The molecule has 0 aromatic heterocycles. The van der Waals surface area contributed by atoms with Crippen LogP contribution in [0.4, 0.5) is 0 Å². The fourth-order valence-corrected chi connectivity index (χ4v) is 2.49. The molecule has 2 N–H and O–H groups in total. The number of benzene rings is 1. The third-order valence-electron chi connectivity index (χ3n) is 3.46. The van der Waals surface area contributed by atoms with Crippen LogP contribution >= 0.6 is 0 Å². The highest BCUT2D eigenvalue weighted by Gasteiger charge is 2.20. The van der Waals surface area contributed by atoms with Gasteiger partial charge in [-0.1, -0.05) is 17.7 Å². The van der Waals surface area contributed by atoms with Crippen LogP contribution in [-0.4, -0.2) is 26.0 Å². The maximum absolute atomic E-state index is 11.9. The second kappa shape index (κ2) is 5.32. The summed E-state index contributed by atoms with van der Waals surface area (Å²) in [6.45, 7) is 4.12. The molecule has 92 valence electrons. The third-order valence-corrected chi connectivity index (χ3v) is 3.46. The van der Waals surface area contributed by atoms with E-state index in [4.69, 9.17) is 0 Å². The summed E-state index contributed by atoms with van der Waals surface area (Å²) in [6, 6.07) is 6.22. The molecular weight excluding hydrogens is 212 g/mol. The first-order chi connectivity index (χ1) is 8.22. The molecule has 0 radical (unpaired) electrons. The Morgan fingerprint density at radius 3 is 2.71 bits per heavy atom. The Morgan fingerprint density at radius 1 is 1.35 bits per heavy atom. The molecule has 0 spiro atoms. The van der Waals surface area contributed by atoms with Crippen LogP contribution in [0.5, 0.6) is 0 Å². The largest absolute Gasteiger partial charge is 0.355 e. The van der Waals surface area contributed by atoms with Gasteiger partial charge >= 0.3 is 0 Å². The van der Waals surface area contributed by atoms with Crippen molar-refractivity contribution in [1.82, 2.24) is 10.6 Å². The molecule has 17 heavy (non-hydrogen) atoms. The molecular formula is C14H20N2O. The van der Waals surface area contributed by atoms with Crippen molar-refractivity contribution < 1.29 is 4.79 Å². The lowest BCUT2D eigenvalue weighted by Gasteiger charge is -2.25. The average Bonchev–Trinajstić information content (AvgIpc) is 2.38. The van der Waals surface area contributed by atoms with Gasteiger partial charge in [0.05, 0.1) is 0 Å². The molecule has 1 aliphatic heterocycles. The lowest BCUT2D eigenvalue weighted by Crippen LogP contribution is -2.28. The zero-order valence-electron chi connectivity index (χ0n) is 10.5. The molecule has 1 fully saturated rings. The first kappa shape index (κ1) is 12.1. The molecule has 1 heterocycles. The van der Waals surface area contributed by atoms with Crippen LogP contribution < -0.4 is 10.6 Å². The lowest BCUT2D eigenvalue weighted by atomic mass is 9.86. The Hall–Kier alpha value is -1.35. The van der Waals surface area contributed by atoms with Gasteiger partial charge < -0.3 is 10.6 Å². The highest BCUT2D eigenvalue weighted by atomic mass is 16.1. The van der Waals surface area contributed by atoms with Crippen molar-refractivity contribution in [3.8, 4) is 0 Å². The molecule has 2 rings (SSSR count). The van der Waals surface area contributed by atoms with Gasteiger partial charge in [-0.15, -0.1) is 0 Å². The van der Waals surface area contributed by atoms with Gasteiger partial charge in [0, 0.05) is 12.6 Å².